The van der Waals surface area contributed by atoms with Gasteiger partial charge in [-0.3, -0.25) is 0 Å². The Labute approximate surface area is 134 Å². The standard InChI is InChI=1S/C16H19AsN4/c17-14-8-11-21(12-14)15-7-10-19-16(20-15)18-9-6-13-4-2-1-3-5-13/h1-5,7,10,14H,6,8-9,11-12H2,(H,18,19,20). The minimum absolute atomic E-state index is 0.696. The van der Waals surface area contributed by atoms with Gasteiger partial charge in [-0.25, -0.2) is 0 Å². The van der Waals surface area contributed by atoms with Crippen molar-refractivity contribution in [3.63, 3.8) is 0 Å². The van der Waals surface area contributed by atoms with Crippen LogP contribution in [0.4, 0.5) is 11.8 Å². The molecule has 5 heteroatoms. The summed E-state index contributed by atoms with van der Waals surface area (Å²) in [5, 5.41) is 3.32. The number of nitrogens with zero attached hydrogens (tertiary/aromatic N) is 3. The molecule has 21 heavy (non-hydrogen) atoms. The van der Waals surface area contributed by atoms with Crippen LogP contribution in [-0.2, 0) is 6.42 Å². The molecule has 1 atom stereocenters. The monoisotopic (exact) mass is 342 g/mol. The van der Waals surface area contributed by atoms with Gasteiger partial charge in [0.1, 0.15) is 0 Å². The molecule has 3 rings (SSSR count). The Morgan fingerprint density at radius 1 is 1.24 bits per heavy atom. The topological polar surface area (TPSA) is 41.1 Å². The Kier molecular flexibility index (Phi) is 4.76. The molecule has 1 saturated heterocycles. The molecule has 0 saturated carbocycles. The number of rotatable bonds is 5. The SMILES string of the molecule is [As]C1CCN(c2ccnc(NCCc3ccccc3)n2)C1. The third-order valence-corrected chi connectivity index (χ3v) is 4.55. The second-order valence-electron chi connectivity index (χ2n) is 5.29. The van der Waals surface area contributed by atoms with Gasteiger partial charge >= 0.3 is 128 Å². The molecule has 0 spiro atoms. The van der Waals surface area contributed by atoms with Gasteiger partial charge in [0.05, 0.1) is 0 Å². The summed E-state index contributed by atoms with van der Waals surface area (Å²) in [7, 11) is 0. The second kappa shape index (κ2) is 6.95. The Morgan fingerprint density at radius 3 is 2.86 bits per heavy atom. The maximum atomic E-state index is 4.62. The number of aromatic nitrogens is 2. The van der Waals surface area contributed by atoms with E-state index in [2.05, 4.69) is 61.3 Å². The Bertz CT molecular complexity index is 575. The second-order valence-corrected chi connectivity index (χ2v) is 6.82. The number of hydrogen-bond acceptors (Lipinski definition) is 4. The average Bonchev–Trinajstić information content (AvgIpc) is 2.95. The zero-order valence-corrected chi connectivity index (χ0v) is 13.8. The van der Waals surface area contributed by atoms with Crippen LogP contribution in [-0.4, -0.2) is 46.5 Å². The summed E-state index contributed by atoms with van der Waals surface area (Å²) in [6, 6.07) is 12.5. The van der Waals surface area contributed by atoms with Crippen LogP contribution in [0.15, 0.2) is 42.6 Å². The van der Waals surface area contributed by atoms with E-state index in [0.29, 0.717) is 4.71 Å². The normalized spacial score (nSPS) is 18.0. The van der Waals surface area contributed by atoms with Crippen molar-refractivity contribution in [1.82, 2.24) is 9.97 Å². The number of nitrogens with one attached hydrogen (secondary N) is 1. The predicted molar refractivity (Wildman–Crippen MR) is 87.0 cm³/mol. The van der Waals surface area contributed by atoms with E-state index in [1.54, 1.807) is 0 Å². The van der Waals surface area contributed by atoms with E-state index in [1.165, 1.54) is 12.0 Å². The molecule has 1 fully saturated rings. The molecule has 1 N–H and O–H groups in total. The van der Waals surface area contributed by atoms with Crippen LogP contribution in [0.25, 0.3) is 0 Å². The van der Waals surface area contributed by atoms with Gasteiger partial charge in [0.25, 0.3) is 0 Å². The van der Waals surface area contributed by atoms with Crippen LogP contribution < -0.4 is 10.2 Å². The molecule has 108 valence electrons. The summed E-state index contributed by atoms with van der Waals surface area (Å²) in [6.07, 6.45) is 4.04. The van der Waals surface area contributed by atoms with Crippen molar-refractivity contribution in [1.29, 1.82) is 0 Å². The van der Waals surface area contributed by atoms with Crippen molar-refractivity contribution >= 4 is 28.6 Å². The Morgan fingerprint density at radius 2 is 2.10 bits per heavy atom. The first-order chi connectivity index (χ1) is 10.3. The summed E-state index contributed by atoms with van der Waals surface area (Å²) < 4.78 is 0.696. The molecule has 4 nitrogen and oxygen atoms in total. The Hall–Kier alpha value is -1.54. The van der Waals surface area contributed by atoms with Gasteiger partial charge in [-0.05, 0) is 0 Å². The van der Waals surface area contributed by atoms with E-state index < -0.39 is 0 Å². The molecule has 1 aliphatic heterocycles. The van der Waals surface area contributed by atoms with Crippen molar-refractivity contribution in [3.8, 4) is 0 Å². The van der Waals surface area contributed by atoms with Crippen molar-refractivity contribution in [2.24, 2.45) is 0 Å². The molecule has 2 aromatic rings. The molecule has 1 aliphatic rings. The van der Waals surface area contributed by atoms with E-state index >= 15 is 0 Å². The van der Waals surface area contributed by atoms with Gasteiger partial charge in [-0.1, -0.05) is 6.07 Å². The van der Waals surface area contributed by atoms with Gasteiger partial charge < -0.3 is 0 Å². The number of anilines is 2. The predicted octanol–water partition coefficient (Wildman–Crippen LogP) is 2.30. The first-order valence-electron chi connectivity index (χ1n) is 7.35. The van der Waals surface area contributed by atoms with E-state index in [9.17, 15) is 0 Å². The van der Waals surface area contributed by atoms with Gasteiger partial charge in [0.15, 0.2) is 0 Å². The number of hydrogen-bond donors (Lipinski definition) is 1. The van der Waals surface area contributed by atoms with Crippen molar-refractivity contribution < 1.29 is 0 Å². The summed E-state index contributed by atoms with van der Waals surface area (Å²) in [6.45, 7) is 3.00. The maximum absolute atomic E-state index is 4.62. The van der Waals surface area contributed by atoms with Crippen LogP contribution >= 0.6 is 0 Å². The molecular weight excluding hydrogens is 323 g/mol. The van der Waals surface area contributed by atoms with E-state index in [1.807, 2.05) is 18.3 Å². The van der Waals surface area contributed by atoms with E-state index in [4.69, 9.17) is 0 Å². The van der Waals surface area contributed by atoms with Crippen molar-refractivity contribution in [2.75, 3.05) is 29.9 Å². The van der Waals surface area contributed by atoms with Crippen molar-refractivity contribution in [3.05, 3.63) is 48.2 Å². The molecule has 1 aromatic carbocycles. The van der Waals surface area contributed by atoms with Crippen molar-refractivity contribution in [2.45, 2.75) is 17.5 Å². The summed E-state index contributed by atoms with van der Waals surface area (Å²) in [5.41, 5.74) is 1.33. The third kappa shape index (κ3) is 3.98. The van der Waals surface area contributed by atoms with Crippen LogP contribution in [0.3, 0.4) is 0 Å². The van der Waals surface area contributed by atoms with Crippen LogP contribution in [0, 0.1) is 0 Å². The molecule has 0 bridgehead atoms. The summed E-state index contributed by atoms with van der Waals surface area (Å²) in [4.78, 5) is 11.3. The quantitative estimate of drug-likeness (QED) is 0.847. The molecule has 0 amide bonds. The molecule has 1 aromatic heterocycles. The fourth-order valence-corrected chi connectivity index (χ4v) is 3.18. The zero-order chi connectivity index (χ0) is 14.5. The molecule has 1 unspecified atom stereocenters. The summed E-state index contributed by atoms with van der Waals surface area (Å²) >= 11 is 2.75. The van der Waals surface area contributed by atoms with Gasteiger partial charge in [-0.15, -0.1) is 0 Å². The average molecular weight is 342 g/mol. The zero-order valence-electron chi connectivity index (χ0n) is 11.9. The third-order valence-electron chi connectivity index (χ3n) is 3.67. The summed E-state index contributed by atoms with van der Waals surface area (Å²) in [5.74, 6) is 1.75. The molecular formula is C16H19AsN4. The minimum atomic E-state index is 0.696. The first-order valence-corrected chi connectivity index (χ1v) is 8.43. The fraction of sp³-hybridized carbons (Fsp3) is 0.375. The van der Waals surface area contributed by atoms with Gasteiger partial charge in [0.2, 0.25) is 0 Å². The van der Waals surface area contributed by atoms with E-state index in [-0.39, 0.29) is 0 Å². The van der Waals surface area contributed by atoms with Crippen LogP contribution in [0.2, 0.25) is 4.71 Å². The first kappa shape index (κ1) is 14.4. The number of benzene rings is 1. The molecule has 0 aliphatic carbocycles. The molecule has 2 heterocycles. The fourth-order valence-electron chi connectivity index (χ4n) is 2.52. The molecule has 2 radical (unpaired) electrons. The van der Waals surface area contributed by atoms with Crippen LogP contribution in [0.1, 0.15) is 12.0 Å². The van der Waals surface area contributed by atoms with Crippen LogP contribution in [0.5, 0.6) is 0 Å². The van der Waals surface area contributed by atoms with E-state index in [0.717, 1.165) is 37.8 Å². The van der Waals surface area contributed by atoms with Gasteiger partial charge in [-0.2, -0.15) is 0 Å². The Balaban J connectivity index is 1.56. The van der Waals surface area contributed by atoms with Gasteiger partial charge in [0, 0.05) is 0 Å².